The molecule has 1 aromatic heterocycles. The zero-order chi connectivity index (χ0) is 12.7. The smallest absolute Gasteiger partial charge is 0.312 e. The lowest BCUT2D eigenvalue weighted by Gasteiger charge is -2.18. The molecule has 0 aliphatic carbocycles. The van der Waals surface area contributed by atoms with Crippen molar-refractivity contribution in [3.05, 3.63) is 28.4 Å². The molecule has 4 heteroatoms. The maximum atomic E-state index is 11.6. The standard InChI is InChI=1S/C13H23N3O/c1-4-6-12(14-7-5-2)10-16-9-11(3)8-15-13(16)17/h8-9,12,14H,4-7,10H2,1-3H3. The Morgan fingerprint density at radius 1 is 1.41 bits per heavy atom. The Morgan fingerprint density at radius 2 is 2.18 bits per heavy atom. The highest BCUT2D eigenvalue weighted by atomic mass is 16.1. The summed E-state index contributed by atoms with van der Waals surface area (Å²) in [5.41, 5.74) is 0.866. The molecule has 0 fully saturated rings. The number of aryl methyl sites for hydroxylation is 1. The molecule has 1 heterocycles. The molecule has 0 aliphatic heterocycles. The molecule has 0 radical (unpaired) electrons. The van der Waals surface area contributed by atoms with Gasteiger partial charge in [-0.25, -0.2) is 9.78 Å². The van der Waals surface area contributed by atoms with Crippen molar-refractivity contribution in [3.63, 3.8) is 0 Å². The van der Waals surface area contributed by atoms with Gasteiger partial charge in [-0.2, -0.15) is 0 Å². The summed E-state index contributed by atoms with van der Waals surface area (Å²) >= 11 is 0. The van der Waals surface area contributed by atoms with Gasteiger partial charge < -0.3 is 5.32 Å². The first-order valence-electron chi connectivity index (χ1n) is 6.43. The minimum absolute atomic E-state index is 0.157. The number of nitrogens with one attached hydrogen (secondary N) is 1. The lowest BCUT2D eigenvalue weighted by molar-refractivity contribution is 0.411. The van der Waals surface area contributed by atoms with E-state index in [1.807, 2.05) is 13.1 Å². The van der Waals surface area contributed by atoms with Gasteiger partial charge in [-0.1, -0.05) is 20.3 Å². The summed E-state index contributed by atoms with van der Waals surface area (Å²) in [5, 5.41) is 3.48. The first kappa shape index (κ1) is 13.9. The largest absolute Gasteiger partial charge is 0.347 e. The summed E-state index contributed by atoms with van der Waals surface area (Å²) in [6.45, 7) is 7.98. The topological polar surface area (TPSA) is 46.9 Å². The molecule has 96 valence electrons. The fourth-order valence-electron chi connectivity index (χ4n) is 1.89. The summed E-state index contributed by atoms with van der Waals surface area (Å²) in [6.07, 6.45) is 6.82. The number of rotatable bonds is 7. The summed E-state index contributed by atoms with van der Waals surface area (Å²) in [5.74, 6) is 0. The molecule has 17 heavy (non-hydrogen) atoms. The number of hydrogen-bond acceptors (Lipinski definition) is 3. The molecule has 0 aromatic carbocycles. The number of nitrogens with zero attached hydrogens (tertiary/aromatic N) is 2. The Balaban J connectivity index is 2.70. The van der Waals surface area contributed by atoms with Crippen LogP contribution in [0.25, 0.3) is 0 Å². The van der Waals surface area contributed by atoms with Crippen LogP contribution < -0.4 is 11.0 Å². The van der Waals surface area contributed by atoms with Crippen LogP contribution in [0.3, 0.4) is 0 Å². The summed E-state index contributed by atoms with van der Waals surface area (Å²) in [4.78, 5) is 15.5. The maximum absolute atomic E-state index is 11.6. The predicted octanol–water partition coefficient (Wildman–Crippen LogP) is 1.72. The minimum atomic E-state index is -0.157. The molecule has 1 atom stereocenters. The molecule has 0 bridgehead atoms. The highest BCUT2D eigenvalue weighted by Crippen LogP contribution is 2.00. The van der Waals surface area contributed by atoms with E-state index in [0.717, 1.165) is 31.4 Å². The fourth-order valence-corrected chi connectivity index (χ4v) is 1.89. The third kappa shape index (κ3) is 4.69. The van der Waals surface area contributed by atoms with E-state index in [2.05, 4.69) is 24.1 Å². The Labute approximate surface area is 103 Å². The average Bonchev–Trinajstić information content (AvgIpc) is 2.31. The molecule has 4 nitrogen and oxygen atoms in total. The Morgan fingerprint density at radius 3 is 2.82 bits per heavy atom. The van der Waals surface area contributed by atoms with Gasteiger partial charge in [-0.05, 0) is 31.9 Å². The Hall–Kier alpha value is -1.16. The van der Waals surface area contributed by atoms with Crippen LogP contribution in [0.1, 0.15) is 38.7 Å². The van der Waals surface area contributed by atoms with Gasteiger partial charge in [-0.15, -0.1) is 0 Å². The van der Waals surface area contributed by atoms with E-state index in [9.17, 15) is 4.79 Å². The van der Waals surface area contributed by atoms with E-state index in [1.54, 1.807) is 10.8 Å². The average molecular weight is 237 g/mol. The fraction of sp³-hybridized carbons (Fsp3) is 0.692. The van der Waals surface area contributed by atoms with Crippen molar-refractivity contribution in [2.24, 2.45) is 0 Å². The normalized spacial score (nSPS) is 12.6. The van der Waals surface area contributed by atoms with Crippen molar-refractivity contribution in [1.82, 2.24) is 14.9 Å². The van der Waals surface area contributed by atoms with Crippen LogP contribution in [0.5, 0.6) is 0 Å². The monoisotopic (exact) mass is 237 g/mol. The molecule has 0 aliphatic rings. The van der Waals surface area contributed by atoms with E-state index in [-0.39, 0.29) is 5.69 Å². The second-order valence-electron chi connectivity index (χ2n) is 4.51. The van der Waals surface area contributed by atoms with Crippen molar-refractivity contribution in [2.75, 3.05) is 6.54 Å². The van der Waals surface area contributed by atoms with Gasteiger partial charge in [0, 0.05) is 25.0 Å². The van der Waals surface area contributed by atoms with Crippen LogP contribution >= 0.6 is 0 Å². The van der Waals surface area contributed by atoms with Gasteiger partial charge in [0.15, 0.2) is 0 Å². The first-order chi connectivity index (χ1) is 8.17. The van der Waals surface area contributed by atoms with Gasteiger partial charge in [0.2, 0.25) is 0 Å². The van der Waals surface area contributed by atoms with Crippen LogP contribution in [0.15, 0.2) is 17.2 Å². The molecule has 0 spiro atoms. The first-order valence-corrected chi connectivity index (χ1v) is 6.43. The third-order valence-electron chi connectivity index (χ3n) is 2.72. The highest BCUT2D eigenvalue weighted by molar-refractivity contribution is 5.00. The van der Waals surface area contributed by atoms with E-state index < -0.39 is 0 Å². The highest BCUT2D eigenvalue weighted by Gasteiger charge is 2.08. The summed E-state index contributed by atoms with van der Waals surface area (Å²) in [6, 6.07) is 0.362. The Bertz CT molecular complexity index is 386. The molecular formula is C13H23N3O. The maximum Gasteiger partial charge on any atom is 0.347 e. The summed E-state index contributed by atoms with van der Waals surface area (Å²) < 4.78 is 1.71. The zero-order valence-electron chi connectivity index (χ0n) is 11.1. The SMILES string of the molecule is CCCNC(CCC)Cn1cc(C)cnc1=O. The molecule has 0 saturated carbocycles. The van der Waals surface area contributed by atoms with Crippen molar-refractivity contribution in [1.29, 1.82) is 0 Å². The van der Waals surface area contributed by atoms with Gasteiger partial charge in [0.25, 0.3) is 0 Å². The van der Waals surface area contributed by atoms with Crippen molar-refractivity contribution in [2.45, 2.75) is 52.6 Å². The second kappa shape index (κ2) is 7.22. The molecule has 0 amide bonds. The van der Waals surface area contributed by atoms with Gasteiger partial charge in [-0.3, -0.25) is 4.57 Å². The zero-order valence-corrected chi connectivity index (χ0v) is 11.1. The second-order valence-corrected chi connectivity index (χ2v) is 4.51. The van der Waals surface area contributed by atoms with Crippen molar-refractivity contribution < 1.29 is 0 Å². The minimum Gasteiger partial charge on any atom is -0.312 e. The van der Waals surface area contributed by atoms with Crippen molar-refractivity contribution >= 4 is 0 Å². The van der Waals surface area contributed by atoms with Crippen molar-refractivity contribution in [3.8, 4) is 0 Å². The quantitative estimate of drug-likeness (QED) is 0.785. The molecule has 1 rings (SSSR count). The molecule has 1 N–H and O–H groups in total. The molecule has 1 unspecified atom stereocenters. The molecular weight excluding hydrogens is 214 g/mol. The van der Waals surface area contributed by atoms with E-state index in [0.29, 0.717) is 12.6 Å². The van der Waals surface area contributed by atoms with Crippen LogP contribution in [-0.2, 0) is 6.54 Å². The predicted molar refractivity (Wildman–Crippen MR) is 70.2 cm³/mol. The van der Waals surface area contributed by atoms with Crippen LogP contribution in [0.4, 0.5) is 0 Å². The van der Waals surface area contributed by atoms with E-state index in [4.69, 9.17) is 0 Å². The number of hydrogen-bond donors (Lipinski definition) is 1. The number of aromatic nitrogens is 2. The van der Waals surface area contributed by atoms with Gasteiger partial charge in [0.05, 0.1) is 0 Å². The van der Waals surface area contributed by atoms with Gasteiger partial charge >= 0.3 is 5.69 Å². The summed E-state index contributed by atoms with van der Waals surface area (Å²) in [7, 11) is 0. The lowest BCUT2D eigenvalue weighted by atomic mass is 10.1. The lowest BCUT2D eigenvalue weighted by Crippen LogP contribution is -2.37. The van der Waals surface area contributed by atoms with Crippen LogP contribution in [0.2, 0.25) is 0 Å². The van der Waals surface area contributed by atoms with Crippen LogP contribution in [-0.4, -0.2) is 22.1 Å². The van der Waals surface area contributed by atoms with E-state index in [1.165, 1.54) is 0 Å². The molecule has 0 saturated heterocycles. The van der Waals surface area contributed by atoms with Crippen LogP contribution in [0, 0.1) is 6.92 Å². The van der Waals surface area contributed by atoms with Gasteiger partial charge in [0.1, 0.15) is 0 Å². The third-order valence-corrected chi connectivity index (χ3v) is 2.72. The molecule has 1 aromatic rings. The van der Waals surface area contributed by atoms with E-state index >= 15 is 0 Å². The Kier molecular flexibility index (Phi) is 5.91.